The van der Waals surface area contributed by atoms with Crippen LogP contribution in [0.2, 0.25) is 0 Å². The molecule has 0 bridgehead atoms. The lowest BCUT2D eigenvalue weighted by molar-refractivity contribution is -0.123. The summed E-state index contributed by atoms with van der Waals surface area (Å²) in [6, 6.07) is 13.3. The molecule has 0 heterocycles. The molecule has 8 heteroatoms. The first-order valence-corrected chi connectivity index (χ1v) is 10.0. The van der Waals surface area contributed by atoms with Gasteiger partial charge in [0.25, 0.3) is 15.9 Å². The second kappa shape index (κ2) is 9.38. The Kier molecular flexibility index (Phi) is 7.20. The van der Waals surface area contributed by atoms with Crippen LogP contribution < -0.4 is 19.7 Å². The van der Waals surface area contributed by atoms with E-state index in [9.17, 15) is 13.2 Å². The van der Waals surface area contributed by atoms with Gasteiger partial charge in [0.2, 0.25) is 0 Å². The van der Waals surface area contributed by atoms with Gasteiger partial charge in [0, 0.05) is 0 Å². The number of nitrogens with one attached hydrogen (secondary N) is 2. The number of sulfonamides is 1. The van der Waals surface area contributed by atoms with Crippen molar-refractivity contribution in [1.82, 2.24) is 10.3 Å². The SMILES string of the molecule is CC[C@@H](C)c1ccc(S(=O)(=O)NNC(=O)COc2ccc(OC)cc2)cc1. The highest BCUT2D eigenvalue weighted by atomic mass is 32.2. The molecule has 0 aliphatic rings. The van der Waals surface area contributed by atoms with Gasteiger partial charge in [0.1, 0.15) is 11.5 Å². The molecule has 1 amide bonds. The summed E-state index contributed by atoms with van der Waals surface area (Å²) in [4.78, 5) is 14.0. The summed E-state index contributed by atoms with van der Waals surface area (Å²) in [7, 11) is -2.30. The maximum absolute atomic E-state index is 12.3. The van der Waals surface area contributed by atoms with Gasteiger partial charge in [0.05, 0.1) is 12.0 Å². The molecule has 0 saturated carbocycles. The molecule has 0 aliphatic heterocycles. The monoisotopic (exact) mass is 392 g/mol. The van der Waals surface area contributed by atoms with Crippen LogP contribution in [0.15, 0.2) is 53.4 Å². The molecule has 0 aliphatic carbocycles. The molecule has 2 aromatic rings. The van der Waals surface area contributed by atoms with Gasteiger partial charge in [-0.2, -0.15) is 0 Å². The Labute approximate surface area is 159 Å². The van der Waals surface area contributed by atoms with Gasteiger partial charge in [-0.25, -0.2) is 8.42 Å². The van der Waals surface area contributed by atoms with E-state index < -0.39 is 15.9 Å². The molecule has 146 valence electrons. The number of amides is 1. The Morgan fingerprint density at radius 1 is 1.04 bits per heavy atom. The van der Waals surface area contributed by atoms with Crippen molar-refractivity contribution in [1.29, 1.82) is 0 Å². The van der Waals surface area contributed by atoms with E-state index in [1.54, 1.807) is 43.5 Å². The molecular weight excluding hydrogens is 368 g/mol. The third-order valence-electron chi connectivity index (χ3n) is 4.13. The Morgan fingerprint density at radius 3 is 2.19 bits per heavy atom. The lowest BCUT2D eigenvalue weighted by Crippen LogP contribution is -2.43. The van der Waals surface area contributed by atoms with Gasteiger partial charge in [-0.1, -0.05) is 26.0 Å². The zero-order valence-corrected chi connectivity index (χ0v) is 16.4. The van der Waals surface area contributed by atoms with E-state index in [-0.39, 0.29) is 11.5 Å². The minimum Gasteiger partial charge on any atom is -0.497 e. The average molecular weight is 392 g/mol. The molecule has 1 atom stereocenters. The van der Waals surface area contributed by atoms with Gasteiger partial charge in [-0.05, 0) is 54.3 Å². The van der Waals surface area contributed by atoms with Crippen molar-refractivity contribution in [3.8, 4) is 11.5 Å². The smallest absolute Gasteiger partial charge is 0.272 e. The highest BCUT2D eigenvalue weighted by Gasteiger charge is 2.16. The van der Waals surface area contributed by atoms with Crippen LogP contribution in [0.1, 0.15) is 31.7 Å². The van der Waals surface area contributed by atoms with E-state index in [4.69, 9.17) is 9.47 Å². The summed E-state index contributed by atoms with van der Waals surface area (Å²) in [6.45, 7) is 3.81. The summed E-state index contributed by atoms with van der Waals surface area (Å²) in [5.41, 5.74) is 3.20. The average Bonchev–Trinajstić information content (AvgIpc) is 2.70. The molecule has 0 saturated heterocycles. The van der Waals surface area contributed by atoms with E-state index in [2.05, 4.69) is 24.1 Å². The molecule has 0 aromatic heterocycles. The number of carbonyl (C=O) groups excluding carboxylic acids is 1. The van der Waals surface area contributed by atoms with Crippen LogP contribution in [-0.4, -0.2) is 28.0 Å². The Hall–Kier alpha value is -2.58. The van der Waals surface area contributed by atoms with Crippen LogP contribution in [0.25, 0.3) is 0 Å². The molecule has 0 fully saturated rings. The van der Waals surface area contributed by atoms with E-state index in [1.165, 1.54) is 12.1 Å². The third kappa shape index (κ3) is 5.97. The Morgan fingerprint density at radius 2 is 1.63 bits per heavy atom. The number of methoxy groups -OCH3 is 1. The number of rotatable bonds is 9. The summed E-state index contributed by atoms with van der Waals surface area (Å²) >= 11 is 0. The summed E-state index contributed by atoms with van der Waals surface area (Å²) in [6.07, 6.45) is 0.967. The second-order valence-corrected chi connectivity index (χ2v) is 7.68. The van der Waals surface area contributed by atoms with Gasteiger partial charge in [-0.3, -0.25) is 10.2 Å². The minimum atomic E-state index is -3.85. The molecule has 0 radical (unpaired) electrons. The normalized spacial score (nSPS) is 12.3. The second-order valence-electron chi connectivity index (χ2n) is 6.00. The standard InChI is InChI=1S/C19H24N2O5S/c1-4-14(2)15-5-11-18(12-6-15)27(23,24)21-20-19(22)13-26-17-9-7-16(25-3)8-10-17/h5-12,14,21H,4,13H2,1-3H3,(H,20,22)/t14-/m1/s1. The molecule has 2 rings (SSSR count). The Bertz CT molecular complexity index is 849. The van der Waals surface area contributed by atoms with Crippen LogP contribution in [0.5, 0.6) is 11.5 Å². The zero-order chi connectivity index (χ0) is 19.9. The van der Waals surface area contributed by atoms with Crippen LogP contribution in [0.4, 0.5) is 0 Å². The van der Waals surface area contributed by atoms with Crippen LogP contribution >= 0.6 is 0 Å². The third-order valence-corrected chi connectivity index (χ3v) is 5.39. The lowest BCUT2D eigenvalue weighted by Gasteiger charge is -2.12. The van der Waals surface area contributed by atoms with Crippen molar-refractivity contribution in [2.75, 3.05) is 13.7 Å². The quantitative estimate of drug-likeness (QED) is 0.640. The highest BCUT2D eigenvalue weighted by molar-refractivity contribution is 7.89. The number of carbonyl (C=O) groups is 1. The van der Waals surface area contributed by atoms with Gasteiger partial charge in [0.15, 0.2) is 6.61 Å². The number of benzene rings is 2. The molecule has 2 N–H and O–H groups in total. The fourth-order valence-corrected chi connectivity index (χ4v) is 3.11. The Balaban J connectivity index is 1.87. The van der Waals surface area contributed by atoms with Crippen LogP contribution in [-0.2, 0) is 14.8 Å². The fourth-order valence-electron chi connectivity index (χ4n) is 2.25. The molecule has 0 spiro atoms. The minimum absolute atomic E-state index is 0.0749. The zero-order valence-electron chi connectivity index (χ0n) is 15.6. The summed E-state index contributed by atoms with van der Waals surface area (Å²) < 4.78 is 34.8. The first kappa shape index (κ1) is 20.7. The van der Waals surface area contributed by atoms with E-state index in [0.29, 0.717) is 17.4 Å². The first-order chi connectivity index (χ1) is 12.9. The van der Waals surface area contributed by atoms with Crippen molar-refractivity contribution in [2.45, 2.75) is 31.1 Å². The van der Waals surface area contributed by atoms with Crippen molar-refractivity contribution >= 4 is 15.9 Å². The first-order valence-electron chi connectivity index (χ1n) is 8.53. The molecule has 27 heavy (non-hydrogen) atoms. The molecular formula is C19H24N2O5S. The predicted octanol–water partition coefficient (Wildman–Crippen LogP) is 2.60. The number of hydrazine groups is 1. The van der Waals surface area contributed by atoms with Crippen LogP contribution in [0, 0.1) is 0 Å². The van der Waals surface area contributed by atoms with Crippen molar-refractivity contribution < 1.29 is 22.7 Å². The molecule has 7 nitrogen and oxygen atoms in total. The lowest BCUT2D eigenvalue weighted by atomic mass is 9.99. The number of hydrogen-bond donors (Lipinski definition) is 2. The fraction of sp³-hybridized carbons (Fsp3) is 0.316. The maximum Gasteiger partial charge on any atom is 0.272 e. The number of hydrogen-bond acceptors (Lipinski definition) is 5. The topological polar surface area (TPSA) is 93.7 Å². The van der Waals surface area contributed by atoms with E-state index in [1.807, 2.05) is 0 Å². The van der Waals surface area contributed by atoms with E-state index >= 15 is 0 Å². The van der Waals surface area contributed by atoms with Crippen molar-refractivity contribution in [3.05, 3.63) is 54.1 Å². The maximum atomic E-state index is 12.3. The van der Waals surface area contributed by atoms with Crippen molar-refractivity contribution in [2.24, 2.45) is 0 Å². The van der Waals surface area contributed by atoms with E-state index in [0.717, 1.165) is 12.0 Å². The van der Waals surface area contributed by atoms with Crippen LogP contribution in [0.3, 0.4) is 0 Å². The predicted molar refractivity (Wildman–Crippen MR) is 102 cm³/mol. The van der Waals surface area contributed by atoms with Gasteiger partial charge < -0.3 is 9.47 Å². The molecule has 0 unspecified atom stereocenters. The largest absolute Gasteiger partial charge is 0.497 e. The van der Waals surface area contributed by atoms with Gasteiger partial charge >= 0.3 is 0 Å². The van der Waals surface area contributed by atoms with Crippen molar-refractivity contribution in [3.63, 3.8) is 0 Å². The van der Waals surface area contributed by atoms with Gasteiger partial charge in [-0.15, -0.1) is 4.83 Å². The number of ether oxygens (including phenoxy) is 2. The summed E-state index contributed by atoms with van der Waals surface area (Å²) in [5.74, 6) is 0.864. The highest BCUT2D eigenvalue weighted by Crippen LogP contribution is 2.20. The summed E-state index contributed by atoms with van der Waals surface area (Å²) in [5, 5.41) is 0. The molecule has 2 aromatic carbocycles.